The number of carbonyl (C=O) groups excluding carboxylic acids is 1. The summed E-state index contributed by atoms with van der Waals surface area (Å²) >= 11 is 0. The molecule has 1 aliphatic carbocycles. The minimum atomic E-state index is -0.265. The third-order valence-electron chi connectivity index (χ3n) is 2.30. The molecule has 1 fully saturated rings. The van der Waals surface area contributed by atoms with Gasteiger partial charge in [-0.1, -0.05) is 6.92 Å². The van der Waals surface area contributed by atoms with Gasteiger partial charge in [0.1, 0.15) is 0 Å². The molecule has 0 aromatic heterocycles. The SMILES string of the molecule is CCCOC(=O)NC1(C)CCC1. The molecule has 70 valence electrons. The number of hydrogen-bond acceptors (Lipinski definition) is 2. The summed E-state index contributed by atoms with van der Waals surface area (Å²) in [7, 11) is 0. The number of nitrogens with one attached hydrogen (secondary N) is 1. The fraction of sp³-hybridized carbons (Fsp3) is 0.889. The van der Waals surface area contributed by atoms with Crippen LogP contribution in [0.25, 0.3) is 0 Å². The van der Waals surface area contributed by atoms with Crippen LogP contribution < -0.4 is 5.32 Å². The van der Waals surface area contributed by atoms with E-state index in [0.29, 0.717) is 6.61 Å². The molecule has 0 atom stereocenters. The third kappa shape index (κ3) is 2.40. The Balaban J connectivity index is 2.16. The molecule has 0 unspecified atom stereocenters. The van der Waals surface area contributed by atoms with Gasteiger partial charge in [-0.2, -0.15) is 0 Å². The van der Waals surface area contributed by atoms with Gasteiger partial charge in [0.05, 0.1) is 6.61 Å². The molecule has 0 aliphatic heterocycles. The van der Waals surface area contributed by atoms with E-state index in [9.17, 15) is 4.79 Å². The second kappa shape index (κ2) is 3.78. The lowest BCUT2D eigenvalue weighted by atomic mass is 9.79. The molecule has 3 heteroatoms. The van der Waals surface area contributed by atoms with E-state index in [1.165, 1.54) is 6.42 Å². The number of rotatable bonds is 3. The van der Waals surface area contributed by atoms with Crippen LogP contribution in [-0.2, 0) is 4.74 Å². The van der Waals surface area contributed by atoms with Crippen molar-refractivity contribution in [3.63, 3.8) is 0 Å². The number of hydrogen-bond donors (Lipinski definition) is 1. The van der Waals surface area contributed by atoms with Crippen molar-refractivity contribution in [2.24, 2.45) is 0 Å². The number of alkyl carbamates (subject to hydrolysis) is 1. The second-order valence-corrected chi connectivity index (χ2v) is 3.68. The molecule has 0 saturated heterocycles. The Kier molecular flexibility index (Phi) is 2.95. The van der Waals surface area contributed by atoms with Crippen LogP contribution in [-0.4, -0.2) is 18.2 Å². The maximum absolute atomic E-state index is 11.1. The Bertz CT molecular complexity index is 164. The molecule has 1 rings (SSSR count). The monoisotopic (exact) mass is 171 g/mol. The quantitative estimate of drug-likeness (QED) is 0.706. The zero-order valence-corrected chi connectivity index (χ0v) is 7.85. The molecule has 0 heterocycles. The van der Waals surface area contributed by atoms with Gasteiger partial charge < -0.3 is 10.1 Å². The Morgan fingerprint density at radius 2 is 2.25 bits per heavy atom. The standard InChI is InChI=1S/C9H17NO2/c1-3-7-12-8(11)10-9(2)5-4-6-9/h3-7H2,1-2H3,(H,10,11). The molecule has 0 bridgehead atoms. The van der Waals surface area contributed by atoms with E-state index in [-0.39, 0.29) is 11.6 Å². The Morgan fingerprint density at radius 3 is 2.67 bits per heavy atom. The van der Waals surface area contributed by atoms with Crippen molar-refractivity contribution in [3.05, 3.63) is 0 Å². The van der Waals surface area contributed by atoms with Crippen molar-refractivity contribution >= 4 is 6.09 Å². The molecular formula is C9H17NO2. The topological polar surface area (TPSA) is 38.3 Å². The summed E-state index contributed by atoms with van der Waals surface area (Å²) in [6, 6.07) is 0. The minimum Gasteiger partial charge on any atom is -0.450 e. The number of carbonyl (C=O) groups is 1. The summed E-state index contributed by atoms with van der Waals surface area (Å²) in [5.74, 6) is 0. The zero-order valence-electron chi connectivity index (χ0n) is 7.85. The highest BCUT2D eigenvalue weighted by Crippen LogP contribution is 2.30. The minimum absolute atomic E-state index is 0.0187. The van der Waals surface area contributed by atoms with Crippen molar-refractivity contribution in [3.8, 4) is 0 Å². The smallest absolute Gasteiger partial charge is 0.407 e. The van der Waals surface area contributed by atoms with Crippen molar-refractivity contribution in [2.75, 3.05) is 6.61 Å². The van der Waals surface area contributed by atoms with Gasteiger partial charge in [0.25, 0.3) is 0 Å². The van der Waals surface area contributed by atoms with Crippen LogP contribution in [0.1, 0.15) is 39.5 Å². The highest BCUT2D eigenvalue weighted by Gasteiger charge is 2.33. The second-order valence-electron chi connectivity index (χ2n) is 3.68. The van der Waals surface area contributed by atoms with E-state index in [4.69, 9.17) is 4.74 Å². The van der Waals surface area contributed by atoms with Crippen LogP contribution in [0.3, 0.4) is 0 Å². The molecular weight excluding hydrogens is 154 g/mol. The Morgan fingerprint density at radius 1 is 1.58 bits per heavy atom. The first-order valence-electron chi connectivity index (χ1n) is 4.61. The van der Waals surface area contributed by atoms with Crippen molar-refractivity contribution in [1.82, 2.24) is 5.32 Å². The average molecular weight is 171 g/mol. The molecule has 0 aromatic carbocycles. The molecule has 1 N–H and O–H groups in total. The summed E-state index contributed by atoms with van der Waals surface area (Å²) in [6.07, 6.45) is 3.98. The molecule has 1 amide bonds. The van der Waals surface area contributed by atoms with Crippen LogP contribution in [0.4, 0.5) is 4.79 Å². The molecule has 12 heavy (non-hydrogen) atoms. The lowest BCUT2D eigenvalue weighted by Crippen LogP contribution is -2.51. The van der Waals surface area contributed by atoms with E-state index < -0.39 is 0 Å². The van der Waals surface area contributed by atoms with E-state index >= 15 is 0 Å². The summed E-state index contributed by atoms with van der Waals surface area (Å²) in [4.78, 5) is 11.1. The van der Waals surface area contributed by atoms with Gasteiger partial charge in [-0.15, -0.1) is 0 Å². The average Bonchev–Trinajstić information content (AvgIpc) is 1.98. The predicted molar refractivity (Wildman–Crippen MR) is 47.0 cm³/mol. The van der Waals surface area contributed by atoms with Crippen LogP contribution >= 0.6 is 0 Å². The third-order valence-corrected chi connectivity index (χ3v) is 2.30. The first kappa shape index (κ1) is 9.36. The molecule has 1 saturated carbocycles. The maximum Gasteiger partial charge on any atom is 0.407 e. The normalized spacial score (nSPS) is 19.5. The van der Waals surface area contributed by atoms with Crippen molar-refractivity contribution in [2.45, 2.75) is 45.1 Å². The maximum atomic E-state index is 11.1. The molecule has 0 radical (unpaired) electrons. The first-order valence-corrected chi connectivity index (χ1v) is 4.61. The number of amides is 1. The van der Waals surface area contributed by atoms with Crippen molar-refractivity contribution in [1.29, 1.82) is 0 Å². The Hall–Kier alpha value is -0.730. The van der Waals surface area contributed by atoms with Gasteiger partial charge in [0.2, 0.25) is 0 Å². The number of ether oxygens (including phenoxy) is 1. The van der Waals surface area contributed by atoms with Crippen LogP contribution in [0.15, 0.2) is 0 Å². The van der Waals surface area contributed by atoms with Gasteiger partial charge in [0.15, 0.2) is 0 Å². The highest BCUT2D eigenvalue weighted by atomic mass is 16.5. The van der Waals surface area contributed by atoms with Crippen LogP contribution in [0.2, 0.25) is 0 Å². The first-order chi connectivity index (χ1) is 5.66. The lowest BCUT2D eigenvalue weighted by Gasteiger charge is -2.38. The van der Waals surface area contributed by atoms with E-state index in [1.54, 1.807) is 0 Å². The summed E-state index contributed by atoms with van der Waals surface area (Å²) in [6.45, 7) is 4.56. The fourth-order valence-corrected chi connectivity index (χ4v) is 1.31. The highest BCUT2D eigenvalue weighted by molar-refractivity contribution is 5.68. The molecule has 1 aliphatic rings. The van der Waals surface area contributed by atoms with Gasteiger partial charge in [0, 0.05) is 5.54 Å². The summed E-state index contributed by atoms with van der Waals surface area (Å²) < 4.78 is 4.91. The van der Waals surface area contributed by atoms with Crippen molar-refractivity contribution < 1.29 is 9.53 Å². The largest absolute Gasteiger partial charge is 0.450 e. The summed E-state index contributed by atoms with van der Waals surface area (Å²) in [5.41, 5.74) is 0.0187. The molecule has 0 aromatic rings. The molecule has 3 nitrogen and oxygen atoms in total. The van der Waals surface area contributed by atoms with Crippen LogP contribution in [0, 0.1) is 0 Å². The van der Waals surface area contributed by atoms with Gasteiger partial charge >= 0.3 is 6.09 Å². The Labute approximate surface area is 73.5 Å². The van der Waals surface area contributed by atoms with Gasteiger partial charge in [-0.05, 0) is 32.6 Å². The predicted octanol–water partition coefficient (Wildman–Crippen LogP) is 2.07. The summed E-state index contributed by atoms with van der Waals surface area (Å²) in [5, 5.41) is 2.87. The molecule has 0 spiro atoms. The van der Waals surface area contributed by atoms with Gasteiger partial charge in [-0.25, -0.2) is 4.79 Å². The fourth-order valence-electron chi connectivity index (χ4n) is 1.31. The van der Waals surface area contributed by atoms with Crippen LogP contribution in [0.5, 0.6) is 0 Å². The van der Waals surface area contributed by atoms with E-state index in [1.807, 2.05) is 6.92 Å². The van der Waals surface area contributed by atoms with E-state index in [0.717, 1.165) is 19.3 Å². The lowest BCUT2D eigenvalue weighted by molar-refractivity contribution is 0.118. The van der Waals surface area contributed by atoms with Gasteiger partial charge in [-0.3, -0.25) is 0 Å². The zero-order chi connectivity index (χ0) is 9.03. The van der Waals surface area contributed by atoms with E-state index in [2.05, 4.69) is 12.2 Å².